The Morgan fingerprint density at radius 1 is 1.44 bits per heavy atom. The second kappa shape index (κ2) is 5.64. The number of H-pyrrole nitrogens is 1. The number of aromatic amines is 1. The summed E-state index contributed by atoms with van der Waals surface area (Å²) < 4.78 is 2.07. The van der Waals surface area contributed by atoms with Gasteiger partial charge in [0.2, 0.25) is 5.56 Å². The number of nitrogens with one attached hydrogen (secondary N) is 2. The molecule has 0 saturated carbocycles. The smallest absolute Gasteiger partial charge is 0.248 e. The number of aryl methyl sites for hydroxylation is 1. The van der Waals surface area contributed by atoms with Crippen LogP contribution >= 0.6 is 0 Å². The van der Waals surface area contributed by atoms with Gasteiger partial charge in [0, 0.05) is 30.7 Å². The zero-order valence-electron chi connectivity index (χ0n) is 10.7. The molecule has 1 atom stereocenters. The lowest BCUT2D eigenvalue weighted by Gasteiger charge is -2.18. The lowest BCUT2D eigenvalue weighted by Crippen LogP contribution is -2.27. The zero-order valence-corrected chi connectivity index (χ0v) is 10.7. The third-order valence-electron chi connectivity index (χ3n) is 2.86. The van der Waals surface area contributed by atoms with E-state index in [1.54, 1.807) is 12.3 Å². The minimum Gasteiger partial charge on any atom is -0.334 e. The van der Waals surface area contributed by atoms with Gasteiger partial charge in [-0.1, -0.05) is 13.0 Å². The fourth-order valence-corrected chi connectivity index (χ4v) is 2.03. The van der Waals surface area contributed by atoms with Crippen molar-refractivity contribution in [2.75, 3.05) is 6.54 Å². The van der Waals surface area contributed by atoms with E-state index in [4.69, 9.17) is 0 Å². The zero-order chi connectivity index (χ0) is 13.0. The summed E-state index contributed by atoms with van der Waals surface area (Å²) in [5.74, 6) is 0.918. The maximum absolute atomic E-state index is 11.4. The first-order valence-corrected chi connectivity index (χ1v) is 6.20. The quantitative estimate of drug-likeness (QED) is 0.835. The van der Waals surface area contributed by atoms with E-state index in [2.05, 4.69) is 26.8 Å². The number of aromatic nitrogens is 3. The van der Waals surface area contributed by atoms with E-state index < -0.39 is 0 Å². The van der Waals surface area contributed by atoms with Crippen LogP contribution in [0.1, 0.15) is 31.4 Å². The number of imidazole rings is 1. The molecule has 2 heterocycles. The van der Waals surface area contributed by atoms with Gasteiger partial charge in [-0.15, -0.1) is 0 Å². The monoisotopic (exact) mass is 246 g/mol. The highest BCUT2D eigenvalue weighted by Gasteiger charge is 2.18. The summed E-state index contributed by atoms with van der Waals surface area (Å²) in [5, 5.41) is 3.35. The molecule has 5 nitrogen and oxygen atoms in total. The molecule has 0 aliphatic heterocycles. The van der Waals surface area contributed by atoms with Crippen LogP contribution < -0.4 is 10.9 Å². The first-order valence-electron chi connectivity index (χ1n) is 6.20. The first kappa shape index (κ1) is 12.6. The van der Waals surface area contributed by atoms with Crippen LogP contribution in [0, 0.1) is 0 Å². The van der Waals surface area contributed by atoms with E-state index in [0.717, 1.165) is 24.6 Å². The van der Waals surface area contributed by atoms with Crippen LogP contribution in [0.3, 0.4) is 0 Å². The fourth-order valence-electron chi connectivity index (χ4n) is 2.03. The summed E-state index contributed by atoms with van der Waals surface area (Å²) in [5.41, 5.74) is 0.746. The highest BCUT2D eigenvalue weighted by atomic mass is 16.1. The Balaban J connectivity index is 2.43. The predicted octanol–water partition coefficient (Wildman–Crippen LogP) is 1.29. The second-order valence-corrected chi connectivity index (χ2v) is 4.03. The Morgan fingerprint density at radius 3 is 2.94 bits per heavy atom. The summed E-state index contributed by atoms with van der Waals surface area (Å²) in [6.07, 6.45) is 3.73. The number of nitrogens with zero attached hydrogens (tertiary/aromatic N) is 2. The van der Waals surface area contributed by atoms with Gasteiger partial charge in [-0.2, -0.15) is 0 Å². The summed E-state index contributed by atoms with van der Waals surface area (Å²) in [6, 6.07) is 5.10. The Labute approximate surface area is 106 Å². The summed E-state index contributed by atoms with van der Waals surface area (Å²) in [6.45, 7) is 5.77. The lowest BCUT2D eigenvalue weighted by molar-refractivity contribution is 0.547. The SMILES string of the molecule is CCNC(c1cccc(=O)[nH]1)c1nccn1CC. The minimum atomic E-state index is -0.0926. The molecule has 2 N–H and O–H groups in total. The van der Waals surface area contributed by atoms with Crippen LogP contribution in [0.4, 0.5) is 0 Å². The molecule has 0 radical (unpaired) electrons. The van der Waals surface area contributed by atoms with Gasteiger partial charge in [-0.25, -0.2) is 4.98 Å². The second-order valence-electron chi connectivity index (χ2n) is 4.03. The normalized spacial score (nSPS) is 12.6. The summed E-state index contributed by atoms with van der Waals surface area (Å²) in [7, 11) is 0. The fraction of sp³-hybridized carbons (Fsp3) is 0.385. The van der Waals surface area contributed by atoms with Crippen LogP contribution in [0.25, 0.3) is 0 Å². The van der Waals surface area contributed by atoms with Crippen molar-refractivity contribution < 1.29 is 0 Å². The van der Waals surface area contributed by atoms with Crippen molar-refractivity contribution in [1.82, 2.24) is 19.9 Å². The molecule has 2 aromatic rings. The van der Waals surface area contributed by atoms with Gasteiger partial charge in [0.1, 0.15) is 11.9 Å². The van der Waals surface area contributed by atoms with E-state index in [-0.39, 0.29) is 11.6 Å². The average Bonchev–Trinajstić information content (AvgIpc) is 2.84. The first-order chi connectivity index (χ1) is 8.76. The van der Waals surface area contributed by atoms with Crippen LogP contribution in [0.2, 0.25) is 0 Å². The standard InChI is InChI=1S/C13H18N4O/c1-3-14-12(10-6-5-7-11(18)16-10)13-15-8-9-17(13)4-2/h5-9,12,14H,3-4H2,1-2H3,(H,16,18). The molecule has 2 rings (SSSR count). The highest BCUT2D eigenvalue weighted by molar-refractivity contribution is 5.18. The number of hydrogen-bond donors (Lipinski definition) is 2. The molecule has 18 heavy (non-hydrogen) atoms. The van der Waals surface area contributed by atoms with Crippen molar-refractivity contribution in [3.05, 3.63) is 52.5 Å². The summed E-state index contributed by atoms with van der Waals surface area (Å²) in [4.78, 5) is 18.7. The van der Waals surface area contributed by atoms with E-state index in [1.165, 1.54) is 6.07 Å². The molecular weight excluding hydrogens is 228 g/mol. The van der Waals surface area contributed by atoms with Crippen molar-refractivity contribution in [3.8, 4) is 0 Å². The van der Waals surface area contributed by atoms with E-state index in [1.807, 2.05) is 19.2 Å². The molecule has 0 saturated heterocycles. The predicted molar refractivity (Wildman–Crippen MR) is 70.5 cm³/mol. The average molecular weight is 246 g/mol. The molecule has 0 bridgehead atoms. The Bertz CT molecular complexity index is 558. The molecule has 0 aromatic carbocycles. The highest BCUT2D eigenvalue weighted by Crippen LogP contribution is 2.17. The van der Waals surface area contributed by atoms with Crippen molar-refractivity contribution in [1.29, 1.82) is 0 Å². The van der Waals surface area contributed by atoms with Gasteiger partial charge in [-0.05, 0) is 19.5 Å². The van der Waals surface area contributed by atoms with Gasteiger partial charge in [0.15, 0.2) is 0 Å². The molecule has 0 amide bonds. The lowest BCUT2D eigenvalue weighted by atomic mass is 10.1. The Hall–Kier alpha value is -1.88. The van der Waals surface area contributed by atoms with E-state index in [0.29, 0.717) is 0 Å². The molecule has 96 valence electrons. The van der Waals surface area contributed by atoms with Crippen LogP contribution in [-0.2, 0) is 6.54 Å². The Kier molecular flexibility index (Phi) is 3.94. The van der Waals surface area contributed by atoms with Crippen molar-refractivity contribution in [2.45, 2.75) is 26.4 Å². The maximum atomic E-state index is 11.4. The third-order valence-corrected chi connectivity index (χ3v) is 2.86. The number of pyridine rings is 1. The van der Waals surface area contributed by atoms with Gasteiger partial charge >= 0.3 is 0 Å². The molecule has 5 heteroatoms. The van der Waals surface area contributed by atoms with Crippen LogP contribution in [0.15, 0.2) is 35.4 Å². The van der Waals surface area contributed by atoms with Gasteiger partial charge in [0.05, 0.1) is 0 Å². The number of hydrogen-bond acceptors (Lipinski definition) is 3. The molecule has 0 aliphatic carbocycles. The molecule has 0 aliphatic rings. The third kappa shape index (κ3) is 2.51. The van der Waals surface area contributed by atoms with Gasteiger partial charge < -0.3 is 14.9 Å². The maximum Gasteiger partial charge on any atom is 0.248 e. The van der Waals surface area contributed by atoms with Crippen LogP contribution in [-0.4, -0.2) is 21.1 Å². The Morgan fingerprint density at radius 2 is 2.28 bits per heavy atom. The summed E-state index contributed by atoms with van der Waals surface area (Å²) >= 11 is 0. The van der Waals surface area contributed by atoms with Crippen molar-refractivity contribution in [2.24, 2.45) is 0 Å². The van der Waals surface area contributed by atoms with E-state index in [9.17, 15) is 4.79 Å². The van der Waals surface area contributed by atoms with Crippen molar-refractivity contribution in [3.63, 3.8) is 0 Å². The van der Waals surface area contributed by atoms with Crippen LogP contribution in [0.5, 0.6) is 0 Å². The topological polar surface area (TPSA) is 62.7 Å². The molecule has 0 fully saturated rings. The molecular formula is C13H18N4O. The molecule has 2 aromatic heterocycles. The van der Waals surface area contributed by atoms with Gasteiger partial charge in [-0.3, -0.25) is 4.79 Å². The number of rotatable bonds is 5. The van der Waals surface area contributed by atoms with E-state index >= 15 is 0 Å². The van der Waals surface area contributed by atoms with Crippen molar-refractivity contribution >= 4 is 0 Å². The molecule has 0 spiro atoms. The molecule has 1 unspecified atom stereocenters. The largest absolute Gasteiger partial charge is 0.334 e. The van der Waals surface area contributed by atoms with Gasteiger partial charge in [0.25, 0.3) is 0 Å². The minimum absolute atomic E-state index is 0.0844.